The number of fused-ring (bicyclic) bond motifs is 1. The minimum Gasteiger partial charge on any atom is -0.392 e. The Labute approximate surface area is 260 Å². The average molecular weight is 664 g/mol. The number of anilines is 4. The molecule has 1 aliphatic rings. The third-order valence-electron chi connectivity index (χ3n) is 6.46. The molecule has 0 aliphatic carbocycles. The summed E-state index contributed by atoms with van der Waals surface area (Å²) in [5.74, 6) is -6.36. The van der Waals surface area contributed by atoms with E-state index in [0.717, 1.165) is 29.5 Å². The number of para-hydroxylation sites is 1. The summed E-state index contributed by atoms with van der Waals surface area (Å²) in [5.41, 5.74) is -0.0619. The zero-order valence-electron chi connectivity index (χ0n) is 23.7. The van der Waals surface area contributed by atoms with E-state index in [0.29, 0.717) is 10.5 Å². The number of carbonyl (C=O) groups excluding carboxylic acids is 3. The second-order valence-corrected chi connectivity index (χ2v) is 10.7. The quantitative estimate of drug-likeness (QED) is 0.183. The Balaban J connectivity index is 1.66. The fraction of sp³-hybridized carbons (Fsp3) is 0.214. The SMILES string of the molecule is Cc1ccc(C(=O)N(OC(=O)C(F)(F)F)c2nccs2)cc1-c1nc(NC[C@@H](C)O)nc2c1CNC(=O)N2c1c(F)cccc1F. The van der Waals surface area contributed by atoms with E-state index in [-0.39, 0.29) is 57.4 Å². The lowest BCUT2D eigenvalue weighted by atomic mass is 9.97. The van der Waals surface area contributed by atoms with E-state index in [1.54, 1.807) is 6.92 Å². The Hall–Kier alpha value is -5.23. The van der Waals surface area contributed by atoms with Crippen molar-refractivity contribution in [1.82, 2.24) is 20.3 Å². The molecule has 1 atom stereocenters. The minimum absolute atomic E-state index is 0.0661. The number of aryl methyl sites for hydroxylation is 1. The van der Waals surface area contributed by atoms with Crippen molar-refractivity contribution in [2.45, 2.75) is 32.7 Å². The Morgan fingerprint density at radius 3 is 2.54 bits per heavy atom. The number of rotatable bonds is 7. The largest absolute Gasteiger partial charge is 0.493 e. The van der Waals surface area contributed by atoms with Crippen LogP contribution in [0.4, 0.5) is 49.3 Å². The number of benzene rings is 2. The molecule has 0 radical (unpaired) electrons. The molecule has 0 bridgehead atoms. The lowest BCUT2D eigenvalue weighted by molar-refractivity contribution is -0.199. The Morgan fingerprint density at radius 2 is 1.91 bits per heavy atom. The first-order chi connectivity index (χ1) is 21.8. The first kappa shape index (κ1) is 32.2. The predicted octanol–water partition coefficient (Wildman–Crippen LogP) is 5.01. The van der Waals surface area contributed by atoms with Crippen LogP contribution in [0.2, 0.25) is 0 Å². The number of aliphatic hydroxyl groups is 1. The first-order valence-electron chi connectivity index (χ1n) is 13.2. The number of nitrogens with one attached hydrogen (secondary N) is 2. The molecule has 2 aromatic heterocycles. The monoisotopic (exact) mass is 663 g/mol. The number of hydrogen-bond donors (Lipinski definition) is 3. The molecule has 18 heteroatoms. The van der Waals surface area contributed by atoms with E-state index < -0.39 is 47.5 Å². The molecule has 5 rings (SSSR count). The van der Waals surface area contributed by atoms with Crippen molar-refractivity contribution >= 4 is 51.8 Å². The van der Waals surface area contributed by atoms with Crippen molar-refractivity contribution in [2.24, 2.45) is 0 Å². The maximum absolute atomic E-state index is 14.9. The van der Waals surface area contributed by atoms with Crippen LogP contribution >= 0.6 is 11.3 Å². The molecular formula is C28H22F5N7O5S. The molecule has 2 aromatic carbocycles. The van der Waals surface area contributed by atoms with Crippen LogP contribution in [0.1, 0.15) is 28.4 Å². The van der Waals surface area contributed by atoms with Gasteiger partial charge in [0.15, 0.2) is 5.82 Å². The van der Waals surface area contributed by atoms with Crippen LogP contribution in [0.5, 0.6) is 0 Å². The lowest BCUT2D eigenvalue weighted by Crippen LogP contribution is -2.43. The van der Waals surface area contributed by atoms with Crippen LogP contribution in [0.3, 0.4) is 0 Å². The summed E-state index contributed by atoms with van der Waals surface area (Å²) < 4.78 is 69.0. The maximum atomic E-state index is 14.9. The van der Waals surface area contributed by atoms with Gasteiger partial charge in [-0.15, -0.1) is 16.4 Å². The van der Waals surface area contributed by atoms with Crippen LogP contribution in [-0.2, 0) is 16.2 Å². The summed E-state index contributed by atoms with van der Waals surface area (Å²) in [6.07, 6.45) is -5.11. The Morgan fingerprint density at radius 1 is 1.20 bits per heavy atom. The summed E-state index contributed by atoms with van der Waals surface area (Å²) in [6, 6.07) is 6.08. The Bertz CT molecular complexity index is 1800. The van der Waals surface area contributed by atoms with Gasteiger partial charge < -0.3 is 20.6 Å². The van der Waals surface area contributed by atoms with Gasteiger partial charge in [-0.2, -0.15) is 18.2 Å². The van der Waals surface area contributed by atoms with Crippen LogP contribution in [0.25, 0.3) is 11.3 Å². The number of hydrogen-bond acceptors (Lipinski definition) is 10. The number of aromatic nitrogens is 3. The maximum Gasteiger partial charge on any atom is 0.493 e. The highest BCUT2D eigenvalue weighted by atomic mass is 32.1. The van der Waals surface area contributed by atoms with E-state index in [9.17, 15) is 41.4 Å². The van der Waals surface area contributed by atoms with Gasteiger partial charge in [-0.1, -0.05) is 12.1 Å². The molecule has 3 amide bonds. The molecule has 1 aliphatic heterocycles. The molecule has 0 unspecified atom stereocenters. The summed E-state index contributed by atoms with van der Waals surface area (Å²) in [5, 5.41) is 16.2. The van der Waals surface area contributed by atoms with E-state index in [2.05, 4.69) is 30.4 Å². The second-order valence-electron chi connectivity index (χ2n) is 9.81. The van der Waals surface area contributed by atoms with Gasteiger partial charge in [-0.25, -0.2) is 33.2 Å². The van der Waals surface area contributed by atoms with Crippen molar-refractivity contribution in [2.75, 3.05) is 21.8 Å². The zero-order chi connectivity index (χ0) is 33.3. The predicted molar refractivity (Wildman–Crippen MR) is 154 cm³/mol. The van der Waals surface area contributed by atoms with Crippen LogP contribution in [0.15, 0.2) is 48.0 Å². The van der Waals surface area contributed by atoms with Crippen molar-refractivity contribution in [3.8, 4) is 11.3 Å². The highest BCUT2D eigenvalue weighted by Gasteiger charge is 2.44. The molecule has 46 heavy (non-hydrogen) atoms. The number of amides is 3. The molecule has 4 aromatic rings. The molecule has 0 saturated heterocycles. The fourth-order valence-electron chi connectivity index (χ4n) is 4.36. The number of nitrogens with zero attached hydrogens (tertiary/aromatic N) is 5. The van der Waals surface area contributed by atoms with Crippen LogP contribution in [-0.4, -0.2) is 56.8 Å². The number of thiazole rings is 1. The van der Waals surface area contributed by atoms with Crippen molar-refractivity contribution in [3.05, 3.63) is 76.3 Å². The first-order valence-corrected chi connectivity index (χ1v) is 14.1. The number of halogens is 5. The smallest absolute Gasteiger partial charge is 0.392 e. The number of carbonyl (C=O) groups is 3. The van der Waals surface area contributed by atoms with Crippen molar-refractivity contribution < 1.29 is 46.3 Å². The number of hydroxylamine groups is 1. The third kappa shape index (κ3) is 6.43. The molecule has 240 valence electrons. The van der Waals surface area contributed by atoms with Gasteiger partial charge in [-0.05, 0) is 43.7 Å². The highest BCUT2D eigenvalue weighted by molar-refractivity contribution is 7.13. The molecule has 0 spiro atoms. The van der Waals surface area contributed by atoms with E-state index in [1.807, 2.05) is 0 Å². The molecule has 12 nitrogen and oxygen atoms in total. The van der Waals surface area contributed by atoms with Gasteiger partial charge in [0.25, 0.3) is 5.91 Å². The van der Waals surface area contributed by atoms with Gasteiger partial charge in [0.1, 0.15) is 17.3 Å². The van der Waals surface area contributed by atoms with Crippen LogP contribution < -0.4 is 20.6 Å². The molecule has 0 saturated carbocycles. The van der Waals surface area contributed by atoms with E-state index in [1.165, 1.54) is 36.7 Å². The summed E-state index contributed by atoms with van der Waals surface area (Å²) in [7, 11) is 0. The van der Waals surface area contributed by atoms with Crippen molar-refractivity contribution in [1.29, 1.82) is 0 Å². The number of aliphatic hydroxyl groups excluding tert-OH is 1. The second kappa shape index (κ2) is 12.6. The third-order valence-corrected chi connectivity index (χ3v) is 7.20. The van der Waals surface area contributed by atoms with Gasteiger partial charge in [0.05, 0.1) is 18.3 Å². The summed E-state index contributed by atoms with van der Waals surface area (Å²) in [6.45, 7) is 2.81. The van der Waals surface area contributed by atoms with E-state index >= 15 is 0 Å². The van der Waals surface area contributed by atoms with Crippen LogP contribution in [0, 0.1) is 18.6 Å². The topological polar surface area (TPSA) is 150 Å². The zero-order valence-corrected chi connectivity index (χ0v) is 24.5. The number of urea groups is 1. The van der Waals surface area contributed by atoms with Gasteiger partial charge in [-0.3, -0.25) is 4.79 Å². The Kier molecular flexibility index (Phi) is 8.84. The normalized spacial score (nSPS) is 13.5. The molecule has 3 N–H and O–H groups in total. The van der Waals surface area contributed by atoms with Crippen molar-refractivity contribution in [3.63, 3.8) is 0 Å². The standard InChI is InChI=1S/C28H22F5N7O5S/c1-13-6-7-15(23(42)40(27-34-8-9-46-27)45-24(43)28(31,32)33)10-16(13)20-17-12-36-26(44)39(21-18(29)4-3-5-19(21)30)22(17)38-25(37-20)35-11-14(2)41/h3-10,14,41H,11-12H2,1-2H3,(H,36,44)(H,35,37,38)/t14-/m1/s1. The summed E-state index contributed by atoms with van der Waals surface area (Å²) in [4.78, 5) is 55.9. The lowest BCUT2D eigenvalue weighted by Gasteiger charge is -2.31. The van der Waals surface area contributed by atoms with Gasteiger partial charge in [0.2, 0.25) is 11.1 Å². The fourth-order valence-corrected chi connectivity index (χ4v) is 4.94. The van der Waals surface area contributed by atoms with E-state index in [4.69, 9.17) is 0 Å². The van der Waals surface area contributed by atoms with Gasteiger partial charge >= 0.3 is 18.2 Å². The minimum atomic E-state index is -5.42. The molecular weight excluding hydrogens is 641 g/mol. The molecule has 0 fully saturated rings. The highest BCUT2D eigenvalue weighted by Crippen LogP contribution is 2.39. The molecule has 3 heterocycles. The summed E-state index contributed by atoms with van der Waals surface area (Å²) >= 11 is 0.732. The van der Waals surface area contributed by atoms with Gasteiger partial charge in [0, 0.05) is 34.8 Å². The average Bonchev–Trinajstić information content (AvgIpc) is 3.53. The number of alkyl halides is 3.